The van der Waals surface area contributed by atoms with Crippen molar-refractivity contribution in [2.75, 3.05) is 18.4 Å². The van der Waals surface area contributed by atoms with Crippen LogP contribution in [0.2, 0.25) is 10.0 Å². The molecule has 9 heteroatoms. The Hall–Kier alpha value is -1.80. The van der Waals surface area contributed by atoms with Gasteiger partial charge in [0.15, 0.2) is 0 Å². The number of hydrogen-bond donors (Lipinski definition) is 1. The summed E-state index contributed by atoms with van der Waals surface area (Å²) >= 11 is 12.3. The standard InChI is InChI=1S/C22H26Cl2N2O4S/c1-15(2)30-18-8-3-7-17(12-18)25-22(27)16-6-5-11-26(13-16)31(28,29)14-19-20(23)9-4-10-21(19)24/h3-4,7-10,12,15-16H,5-6,11,13-14H2,1-2H3,(H,25,27)/t16-/m1/s1. The van der Waals surface area contributed by atoms with Crippen LogP contribution in [-0.4, -0.2) is 37.8 Å². The molecular formula is C22H26Cl2N2O4S. The van der Waals surface area contributed by atoms with Crippen LogP contribution in [0.1, 0.15) is 32.3 Å². The molecule has 1 amide bonds. The summed E-state index contributed by atoms with van der Waals surface area (Å²) in [6.07, 6.45) is 1.24. The molecule has 0 saturated carbocycles. The highest BCUT2D eigenvalue weighted by molar-refractivity contribution is 7.88. The molecule has 31 heavy (non-hydrogen) atoms. The average molecular weight is 485 g/mol. The summed E-state index contributed by atoms with van der Waals surface area (Å²) < 4.78 is 33.0. The summed E-state index contributed by atoms with van der Waals surface area (Å²) in [6.45, 7) is 4.35. The first-order chi connectivity index (χ1) is 14.7. The Kier molecular flexibility index (Phi) is 7.86. The van der Waals surface area contributed by atoms with Crippen molar-refractivity contribution in [2.24, 2.45) is 5.92 Å². The van der Waals surface area contributed by atoms with Crippen LogP contribution in [-0.2, 0) is 20.6 Å². The maximum Gasteiger partial charge on any atom is 0.228 e. The summed E-state index contributed by atoms with van der Waals surface area (Å²) in [6, 6.07) is 12.1. The van der Waals surface area contributed by atoms with E-state index < -0.39 is 15.9 Å². The molecule has 6 nitrogen and oxygen atoms in total. The van der Waals surface area contributed by atoms with Crippen LogP contribution in [0, 0.1) is 5.92 Å². The van der Waals surface area contributed by atoms with Gasteiger partial charge in [0.25, 0.3) is 0 Å². The quantitative estimate of drug-likeness (QED) is 0.602. The van der Waals surface area contributed by atoms with Gasteiger partial charge in [0, 0.05) is 40.5 Å². The number of ether oxygens (including phenoxy) is 1. The van der Waals surface area contributed by atoms with Gasteiger partial charge in [-0.25, -0.2) is 12.7 Å². The molecule has 0 radical (unpaired) electrons. The Morgan fingerprint density at radius 3 is 2.55 bits per heavy atom. The zero-order valence-corrected chi connectivity index (χ0v) is 19.8. The minimum absolute atomic E-state index is 0.0229. The monoisotopic (exact) mass is 484 g/mol. The first-order valence-corrected chi connectivity index (χ1v) is 12.5. The fourth-order valence-corrected chi connectivity index (χ4v) is 5.88. The number of nitrogens with one attached hydrogen (secondary N) is 1. The van der Waals surface area contributed by atoms with Crippen molar-refractivity contribution in [1.82, 2.24) is 4.31 Å². The van der Waals surface area contributed by atoms with Crippen LogP contribution >= 0.6 is 23.2 Å². The number of benzene rings is 2. The average Bonchev–Trinajstić information content (AvgIpc) is 2.71. The van der Waals surface area contributed by atoms with E-state index in [2.05, 4.69) is 5.32 Å². The van der Waals surface area contributed by atoms with Gasteiger partial charge in [-0.15, -0.1) is 0 Å². The van der Waals surface area contributed by atoms with Gasteiger partial charge in [0.2, 0.25) is 15.9 Å². The normalized spacial score (nSPS) is 17.5. The van der Waals surface area contributed by atoms with Gasteiger partial charge in [0.05, 0.1) is 17.8 Å². The molecule has 0 aliphatic carbocycles. The number of sulfonamides is 1. The zero-order chi connectivity index (χ0) is 22.6. The second kappa shape index (κ2) is 10.2. The molecule has 0 bridgehead atoms. The van der Waals surface area contributed by atoms with E-state index in [-0.39, 0.29) is 24.3 Å². The maximum absolute atomic E-state index is 13.0. The summed E-state index contributed by atoms with van der Waals surface area (Å²) in [7, 11) is -3.68. The van der Waals surface area contributed by atoms with E-state index in [0.717, 1.165) is 0 Å². The number of halogens is 2. The van der Waals surface area contributed by atoms with E-state index >= 15 is 0 Å². The number of amides is 1. The van der Waals surface area contributed by atoms with Crippen molar-refractivity contribution in [1.29, 1.82) is 0 Å². The van der Waals surface area contributed by atoms with Crippen molar-refractivity contribution in [3.8, 4) is 5.75 Å². The zero-order valence-electron chi connectivity index (χ0n) is 17.5. The first-order valence-electron chi connectivity index (χ1n) is 10.1. The fourth-order valence-electron chi connectivity index (χ4n) is 3.52. The third kappa shape index (κ3) is 6.35. The van der Waals surface area contributed by atoms with Gasteiger partial charge < -0.3 is 10.1 Å². The molecule has 1 aliphatic rings. The predicted molar refractivity (Wildman–Crippen MR) is 124 cm³/mol. The lowest BCUT2D eigenvalue weighted by Gasteiger charge is -2.31. The van der Waals surface area contributed by atoms with Gasteiger partial charge in [-0.2, -0.15) is 0 Å². The number of carbonyl (C=O) groups excluding carboxylic acids is 1. The number of piperidine rings is 1. The highest BCUT2D eigenvalue weighted by Crippen LogP contribution is 2.29. The molecule has 0 aromatic heterocycles. The maximum atomic E-state index is 13.0. The number of nitrogens with zero attached hydrogens (tertiary/aromatic N) is 1. The number of anilines is 1. The minimum atomic E-state index is -3.68. The highest BCUT2D eigenvalue weighted by Gasteiger charge is 2.33. The predicted octanol–water partition coefficient (Wildman–Crippen LogP) is 4.96. The van der Waals surface area contributed by atoms with Crippen LogP contribution in [0.15, 0.2) is 42.5 Å². The molecule has 2 aromatic rings. The highest BCUT2D eigenvalue weighted by atomic mass is 35.5. The van der Waals surface area contributed by atoms with Crippen LogP contribution in [0.3, 0.4) is 0 Å². The molecule has 1 heterocycles. The van der Waals surface area contributed by atoms with Crippen LogP contribution in [0.25, 0.3) is 0 Å². The minimum Gasteiger partial charge on any atom is -0.491 e. The Morgan fingerprint density at radius 1 is 1.19 bits per heavy atom. The molecule has 1 fully saturated rings. The molecular weight excluding hydrogens is 459 g/mol. The molecule has 1 atom stereocenters. The Morgan fingerprint density at radius 2 is 1.87 bits per heavy atom. The van der Waals surface area contributed by atoms with E-state index in [1.165, 1.54) is 4.31 Å². The van der Waals surface area contributed by atoms with Gasteiger partial charge in [-0.1, -0.05) is 35.3 Å². The molecule has 1 saturated heterocycles. The summed E-state index contributed by atoms with van der Waals surface area (Å²) in [5.41, 5.74) is 0.991. The Labute approximate surface area is 193 Å². The summed E-state index contributed by atoms with van der Waals surface area (Å²) in [4.78, 5) is 12.8. The summed E-state index contributed by atoms with van der Waals surface area (Å²) in [5.74, 6) is -0.288. The molecule has 0 unspecified atom stereocenters. The largest absolute Gasteiger partial charge is 0.491 e. The van der Waals surface area contributed by atoms with Gasteiger partial charge in [-0.05, 0) is 51.0 Å². The number of hydrogen-bond acceptors (Lipinski definition) is 4. The molecule has 3 rings (SSSR count). The molecule has 0 spiro atoms. The van der Waals surface area contributed by atoms with Gasteiger partial charge in [-0.3, -0.25) is 4.79 Å². The van der Waals surface area contributed by atoms with Crippen molar-refractivity contribution < 1.29 is 17.9 Å². The van der Waals surface area contributed by atoms with Gasteiger partial charge >= 0.3 is 0 Å². The van der Waals surface area contributed by atoms with Crippen LogP contribution in [0.5, 0.6) is 5.75 Å². The Bertz CT molecular complexity index is 1020. The lowest BCUT2D eigenvalue weighted by atomic mass is 9.98. The fraction of sp³-hybridized carbons (Fsp3) is 0.409. The topological polar surface area (TPSA) is 75.7 Å². The Balaban J connectivity index is 1.67. The molecule has 1 aliphatic heterocycles. The van der Waals surface area contributed by atoms with Gasteiger partial charge in [0.1, 0.15) is 5.75 Å². The second-order valence-electron chi connectivity index (χ2n) is 7.84. The van der Waals surface area contributed by atoms with Crippen molar-refractivity contribution in [3.05, 3.63) is 58.1 Å². The van der Waals surface area contributed by atoms with E-state index in [0.29, 0.717) is 46.4 Å². The first kappa shape index (κ1) is 23.9. The smallest absolute Gasteiger partial charge is 0.228 e. The van der Waals surface area contributed by atoms with Crippen molar-refractivity contribution in [3.63, 3.8) is 0 Å². The van der Waals surface area contributed by atoms with E-state index in [1.807, 2.05) is 19.9 Å². The van der Waals surface area contributed by atoms with Crippen LogP contribution in [0.4, 0.5) is 5.69 Å². The van der Waals surface area contributed by atoms with Crippen molar-refractivity contribution >= 4 is 44.8 Å². The van der Waals surface area contributed by atoms with Crippen molar-refractivity contribution in [2.45, 2.75) is 38.5 Å². The van der Waals surface area contributed by atoms with E-state index in [1.54, 1.807) is 36.4 Å². The number of carbonyl (C=O) groups is 1. The van der Waals surface area contributed by atoms with E-state index in [4.69, 9.17) is 27.9 Å². The lowest BCUT2D eigenvalue weighted by molar-refractivity contribution is -0.120. The number of rotatable bonds is 7. The third-order valence-electron chi connectivity index (χ3n) is 5.01. The molecule has 1 N–H and O–H groups in total. The third-order valence-corrected chi connectivity index (χ3v) is 7.49. The molecule has 168 valence electrons. The SMILES string of the molecule is CC(C)Oc1cccc(NC(=O)[C@@H]2CCCN(S(=O)(=O)Cc3c(Cl)cccc3Cl)C2)c1. The second-order valence-corrected chi connectivity index (χ2v) is 10.6. The van der Waals surface area contributed by atoms with E-state index in [9.17, 15) is 13.2 Å². The summed E-state index contributed by atoms with van der Waals surface area (Å²) in [5, 5.41) is 3.50. The van der Waals surface area contributed by atoms with Crippen LogP contribution < -0.4 is 10.1 Å². The lowest BCUT2D eigenvalue weighted by Crippen LogP contribution is -2.44. The molecule has 2 aromatic carbocycles.